The molecular formula is C62H85F2N3O19S. The lowest BCUT2D eigenvalue weighted by molar-refractivity contribution is -0.235. The van der Waals surface area contributed by atoms with E-state index in [9.17, 15) is 39.0 Å². The highest BCUT2D eigenvalue weighted by Crippen LogP contribution is 2.72. The molecule has 22 nitrogen and oxygen atoms in total. The molecule has 5 aliphatic rings. The number of carbonyl (C=O) groups excluding carboxylic acids is 5. The number of amides is 3. The van der Waals surface area contributed by atoms with E-state index in [0.29, 0.717) is 123 Å². The number of anilines is 1. The van der Waals surface area contributed by atoms with E-state index in [0.717, 1.165) is 29.0 Å². The summed E-state index contributed by atoms with van der Waals surface area (Å²) in [6, 6.07) is 15.0. The predicted octanol–water partition coefficient (Wildman–Crippen LogP) is 4.21. The average Bonchev–Trinajstić information content (AvgIpc) is 1.59. The summed E-state index contributed by atoms with van der Waals surface area (Å²) in [7, 11) is 0. The number of alkyl halides is 2. The van der Waals surface area contributed by atoms with Crippen molar-refractivity contribution in [1.82, 2.24) is 10.6 Å². The molecule has 0 aromatic heterocycles. The maximum absolute atomic E-state index is 17.8. The minimum Gasteiger partial charge on any atom is -0.481 e. The highest BCUT2D eigenvalue weighted by Gasteiger charge is 2.80. The average molecular weight is 1250 g/mol. The summed E-state index contributed by atoms with van der Waals surface area (Å²) in [5.74, 6) is -4.70. The Kier molecular flexibility index (Phi) is 26.8. The molecule has 482 valence electrons. The highest BCUT2D eigenvalue weighted by molar-refractivity contribution is 7.99. The molecule has 4 aliphatic carbocycles. The highest BCUT2D eigenvalue weighted by atomic mass is 32.2. The fourth-order valence-electron chi connectivity index (χ4n) is 12.7. The molecule has 1 saturated heterocycles. The fourth-order valence-corrected chi connectivity index (χ4v) is 13.3. The number of halogens is 2. The maximum atomic E-state index is 17.8. The van der Waals surface area contributed by atoms with Crippen LogP contribution in [0.2, 0.25) is 0 Å². The summed E-state index contributed by atoms with van der Waals surface area (Å²) in [5.41, 5.74) is -3.75. The van der Waals surface area contributed by atoms with Crippen LogP contribution in [0.4, 0.5) is 14.5 Å². The van der Waals surface area contributed by atoms with Crippen LogP contribution in [0.25, 0.3) is 0 Å². The third kappa shape index (κ3) is 17.6. The number of ether oxygens (including phenoxy) is 10. The number of thioether (sulfide) groups is 1. The summed E-state index contributed by atoms with van der Waals surface area (Å²) in [5, 5.41) is 38.5. The number of benzene rings is 2. The predicted molar refractivity (Wildman–Crippen MR) is 313 cm³/mol. The Bertz CT molecular complexity index is 2670. The first-order chi connectivity index (χ1) is 41.9. The lowest BCUT2D eigenvalue weighted by Gasteiger charge is -2.63. The van der Waals surface area contributed by atoms with Gasteiger partial charge in [0.15, 0.2) is 29.1 Å². The van der Waals surface area contributed by atoms with E-state index in [1.54, 1.807) is 19.2 Å². The topological polar surface area (TPSA) is 292 Å². The van der Waals surface area contributed by atoms with Gasteiger partial charge in [0, 0.05) is 47.5 Å². The van der Waals surface area contributed by atoms with Crippen molar-refractivity contribution in [2.24, 2.45) is 22.7 Å². The minimum atomic E-state index is -2.34. The van der Waals surface area contributed by atoms with Crippen LogP contribution in [0.5, 0.6) is 0 Å². The summed E-state index contributed by atoms with van der Waals surface area (Å²) in [6.45, 7) is 8.74. The molecule has 2 aromatic rings. The number of carboxylic acid groups (broad SMARTS) is 1. The quantitative estimate of drug-likeness (QED) is 0.0510. The van der Waals surface area contributed by atoms with Gasteiger partial charge in [-0.3, -0.25) is 28.8 Å². The summed E-state index contributed by atoms with van der Waals surface area (Å²) in [6.07, 6.45) is 0.292. The van der Waals surface area contributed by atoms with Gasteiger partial charge in [0.25, 0.3) is 0 Å². The number of Topliss-reactive ketones (excluding diaryl/α,β-unsaturated/α-hetero) is 1. The molecular weight excluding hydrogens is 1160 g/mol. The van der Waals surface area contributed by atoms with Crippen molar-refractivity contribution < 1.29 is 100 Å². The van der Waals surface area contributed by atoms with E-state index in [1.165, 1.54) is 19.1 Å². The zero-order valence-corrected chi connectivity index (χ0v) is 50.6. The minimum absolute atomic E-state index is 0.00997. The number of hydrogen-bond donors (Lipinski definition) is 6. The second-order valence-electron chi connectivity index (χ2n) is 22.5. The standard InChI is InChI=1S/C62H85F2N3O19S/c1-59-14-11-45(69)35-48(59)49(63)36-47-46-37-53-62(52(71)40-68,60(46,2)39-51(70)61(47,59)64)86-58(85-53)43-9-7-41(8-10-43)33-42-5-4-6-44(34-42)67-55(73)13-17-77-19-21-79-23-25-81-27-29-83-31-32-84-30-28-82-26-24-80-22-20-78-18-16-65-54(72)12-15-66-57(76)50(87-3)38-56(74)75/h4-11,14,34-35,46-47,49-51,53,58,68,70H,12-13,15-33,36-40H2,1-3H3,(H,65,72)(H,66,76)(H,67,73)(H,74,75)/t46-,47-,49-,50?,51-,53+,58+,59-,60-,61-,62+/m0/s1. The zero-order chi connectivity index (χ0) is 62.5. The van der Waals surface area contributed by atoms with Crippen LogP contribution in [-0.4, -0.2) is 217 Å². The van der Waals surface area contributed by atoms with Crippen molar-refractivity contribution in [1.29, 1.82) is 0 Å². The Balaban J connectivity index is 0.664. The van der Waals surface area contributed by atoms with Gasteiger partial charge in [-0.2, -0.15) is 11.8 Å². The molecule has 87 heavy (non-hydrogen) atoms. The molecule has 1 aliphatic heterocycles. The van der Waals surface area contributed by atoms with E-state index >= 15 is 8.78 Å². The van der Waals surface area contributed by atoms with Crippen LogP contribution >= 0.6 is 11.8 Å². The number of carboxylic acids is 1. The van der Waals surface area contributed by atoms with Gasteiger partial charge in [0.2, 0.25) is 17.7 Å². The van der Waals surface area contributed by atoms with Gasteiger partial charge in [-0.1, -0.05) is 49.4 Å². The van der Waals surface area contributed by atoms with Crippen molar-refractivity contribution in [2.75, 3.05) is 137 Å². The number of carbonyl (C=O) groups is 6. The van der Waals surface area contributed by atoms with Gasteiger partial charge >= 0.3 is 5.97 Å². The van der Waals surface area contributed by atoms with Crippen molar-refractivity contribution in [3.63, 3.8) is 0 Å². The number of hydrogen-bond acceptors (Lipinski definition) is 19. The Labute approximate surface area is 510 Å². The fraction of sp³-hybridized carbons (Fsp3) is 0.645. The second kappa shape index (κ2) is 33.6. The number of fused-ring (bicyclic) bond motifs is 7. The first-order valence-corrected chi connectivity index (χ1v) is 31.0. The maximum Gasteiger partial charge on any atom is 0.305 e. The zero-order valence-electron chi connectivity index (χ0n) is 49.8. The molecule has 6 N–H and O–H groups in total. The largest absolute Gasteiger partial charge is 0.481 e. The van der Waals surface area contributed by atoms with Crippen molar-refractivity contribution in [2.45, 2.75) is 100.0 Å². The number of aliphatic carboxylic acids is 1. The van der Waals surface area contributed by atoms with Crippen LogP contribution in [0.3, 0.4) is 0 Å². The van der Waals surface area contributed by atoms with E-state index in [1.807, 2.05) is 42.5 Å². The second-order valence-corrected chi connectivity index (χ2v) is 23.6. The van der Waals surface area contributed by atoms with Gasteiger partial charge in [0.1, 0.15) is 12.8 Å². The van der Waals surface area contributed by atoms with E-state index in [2.05, 4.69) is 16.0 Å². The van der Waals surface area contributed by atoms with E-state index in [-0.39, 0.29) is 69.1 Å². The normalized spacial score (nSPS) is 27.3. The Morgan fingerprint density at radius 3 is 1.90 bits per heavy atom. The number of nitrogens with one attached hydrogen (secondary N) is 3. The number of ketones is 2. The third-order valence-electron chi connectivity index (χ3n) is 17.0. The van der Waals surface area contributed by atoms with Gasteiger partial charge in [-0.15, -0.1) is 0 Å². The number of rotatable bonds is 40. The summed E-state index contributed by atoms with van der Waals surface area (Å²) in [4.78, 5) is 73.7. The van der Waals surface area contributed by atoms with E-state index in [4.69, 9.17) is 52.5 Å². The van der Waals surface area contributed by atoms with Crippen molar-refractivity contribution in [3.05, 3.63) is 89.0 Å². The Morgan fingerprint density at radius 1 is 0.736 bits per heavy atom. The van der Waals surface area contributed by atoms with Gasteiger partial charge < -0.3 is 78.6 Å². The van der Waals surface area contributed by atoms with Gasteiger partial charge in [-0.05, 0) is 85.8 Å². The molecule has 25 heteroatoms. The van der Waals surface area contributed by atoms with Crippen LogP contribution in [0, 0.1) is 22.7 Å². The smallest absolute Gasteiger partial charge is 0.305 e. The molecule has 0 spiro atoms. The van der Waals surface area contributed by atoms with Gasteiger partial charge in [0.05, 0.1) is 136 Å². The molecule has 11 atom stereocenters. The molecule has 7 rings (SSSR count). The van der Waals surface area contributed by atoms with Gasteiger partial charge in [-0.25, -0.2) is 8.78 Å². The third-order valence-corrected chi connectivity index (χ3v) is 18.0. The van der Waals surface area contributed by atoms with Crippen LogP contribution < -0.4 is 16.0 Å². The number of aliphatic hydroxyl groups excluding tert-OH is 2. The SMILES string of the molecule is CSC(CC(=O)O)C(=O)NCCC(=O)NCCOCCOCCOCCOCCOCCOCCOCCOCCC(=O)Nc1cccc(Cc2ccc([C@@H]3O[C@@H]4C[C@H]5[C@@H]6C[C@H](F)C7=CC(=O)C=C[C@]7(C)[C@@]6(F)[C@@H](O)C[C@]5(C)[C@]4(C(=O)CO)O3)cc2)c1. The monoisotopic (exact) mass is 1250 g/mol. The van der Waals surface area contributed by atoms with Crippen LogP contribution in [-0.2, 0) is 82.6 Å². The lowest BCUT2D eigenvalue weighted by Crippen LogP contribution is -2.70. The Morgan fingerprint density at radius 2 is 1.32 bits per heavy atom. The molecule has 3 amide bonds. The molecule has 1 unspecified atom stereocenters. The van der Waals surface area contributed by atoms with Crippen molar-refractivity contribution in [3.8, 4) is 0 Å². The van der Waals surface area contributed by atoms with E-state index < -0.39 is 93.9 Å². The number of aliphatic hydroxyl groups is 2. The van der Waals surface area contributed by atoms with Crippen LogP contribution in [0.15, 0.2) is 72.3 Å². The first kappa shape index (κ1) is 69.3. The molecule has 3 saturated carbocycles. The molecule has 4 fully saturated rings. The number of allylic oxidation sites excluding steroid dienone is 4. The lowest BCUT2D eigenvalue weighted by atomic mass is 9.44. The molecule has 0 bridgehead atoms. The first-order valence-electron chi connectivity index (χ1n) is 29.7. The van der Waals surface area contributed by atoms with Crippen LogP contribution in [0.1, 0.15) is 75.4 Å². The molecule has 1 heterocycles. The molecule has 0 radical (unpaired) electrons. The summed E-state index contributed by atoms with van der Waals surface area (Å²) < 4.78 is 91.0. The summed E-state index contributed by atoms with van der Waals surface area (Å²) >= 11 is 1.14. The Hall–Kier alpha value is -5.13. The van der Waals surface area contributed by atoms with Crippen molar-refractivity contribution >= 4 is 52.7 Å². The molecule has 2 aromatic carbocycles.